The van der Waals surface area contributed by atoms with Crippen molar-refractivity contribution in [2.24, 2.45) is 0 Å². The van der Waals surface area contributed by atoms with E-state index in [1.165, 1.54) is 6.07 Å². The van der Waals surface area contributed by atoms with Crippen LogP contribution in [0, 0.1) is 17.3 Å². The van der Waals surface area contributed by atoms with Gasteiger partial charge in [-0.1, -0.05) is 0 Å². The summed E-state index contributed by atoms with van der Waals surface area (Å²) < 4.78 is 24.9. The topological polar surface area (TPSA) is 55.1 Å². The predicted octanol–water partition coefficient (Wildman–Crippen LogP) is 1.39. The molecule has 0 N–H and O–H groups in total. The van der Waals surface area contributed by atoms with E-state index >= 15 is 0 Å². The zero-order valence-corrected chi connectivity index (χ0v) is 10.8. The first-order chi connectivity index (χ1) is 8.27. The van der Waals surface area contributed by atoms with Crippen molar-refractivity contribution in [2.75, 3.05) is 0 Å². The van der Waals surface area contributed by atoms with E-state index in [2.05, 4.69) is 4.98 Å². The molecule has 18 heavy (non-hydrogen) atoms. The molecule has 94 valence electrons. The number of hydrogen-bond donors (Lipinski definition) is 0. The van der Waals surface area contributed by atoms with Crippen LogP contribution in [0.25, 0.3) is 0 Å². The molecule has 0 unspecified atom stereocenters. The zero-order valence-electron chi connectivity index (χ0n) is 10.8. The molecule has 1 aromatic heterocycles. The Morgan fingerprint density at radius 1 is 1.22 bits per heavy atom. The minimum absolute atomic E-state index is 0.0877. The minimum Gasteiger partial charge on any atom is -0.398 e. The fourth-order valence-electron chi connectivity index (χ4n) is 1.63. The molecule has 0 atom stereocenters. The zero-order chi connectivity index (χ0) is 13.6. The summed E-state index contributed by atoms with van der Waals surface area (Å²) in [7, 11) is -0.711. The highest BCUT2D eigenvalue weighted by Gasteiger charge is 2.52. The molecule has 0 saturated carbocycles. The van der Waals surface area contributed by atoms with Crippen molar-refractivity contribution in [3.05, 3.63) is 23.6 Å². The summed E-state index contributed by atoms with van der Waals surface area (Å²) in [4.78, 5) is 3.72. The first kappa shape index (κ1) is 13.0. The fraction of sp³-hybridized carbons (Fsp3) is 0.500. The van der Waals surface area contributed by atoms with Gasteiger partial charge in [-0.2, -0.15) is 9.65 Å². The van der Waals surface area contributed by atoms with Gasteiger partial charge >= 0.3 is 7.12 Å². The second kappa shape index (κ2) is 4.04. The number of nitriles is 1. The highest BCUT2D eigenvalue weighted by atomic mass is 19.1. The van der Waals surface area contributed by atoms with Crippen molar-refractivity contribution in [1.29, 1.82) is 5.26 Å². The van der Waals surface area contributed by atoms with Crippen LogP contribution in [-0.4, -0.2) is 23.3 Å². The van der Waals surface area contributed by atoms with Gasteiger partial charge in [0.2, 0.25) is 5.95 Å². The molecule has 0 radical (unpaired) electrons. The number of hydrogen-bond acceptors (Lipinski definition) is 4. The lowest BCUT2D eigenvalue weighted by Gasteiger charge is -2.32. The average Bonchev–Trinajstić information content (AvgIpc) is 2.48. The monoisotopic (exact) mass is 248 g/mol. The largest absolute Gasteiger partial charge is 0.514 e. The molecule has 0 spiro atoms. The molecule has 0 aliphatic carbocycles. The van der Waals surface area contributed by atoms with Gasteiger partial charge in [0.1, 0.15) is 11.6 Å². The normalized spacial score (nSPS) is 20.8. The molecule has 1 aliphatic rings. The van der Waals surface area contributed by atoms with Gasteiger partial charge in [-0.3, -0.25) is 0 Å². The molecule has 0 aromatic carbocycles. The van der Waals surface area contributed by atoms with Crippen LogP contribution in [0.5, 0.6) is 0 Å². The van der Waals surface area contributed by atoms with Crippen LogP contribution in [-0.2, 0) is 9.31 Å². The molecular weight excluding hydrogens is 234 g/mol. The number of rotatable bonds is 1. The Labute approximate surface area is 106 Å². The molecule has 2 rings (SSSR count). The maximum atomic E-state index is 13.4. The third kappa shape index (κ3) is 2.00. The van der Waals surface area contributed by atoms with Gasteiger partial charge in [0, 0.05) is 0 Å². The van der Waals surface area contributed by atoms with Gasteiger partial charge < -0.3 is 9.31 Å². The number of pyridine rings is 1. The Hall–Kier alpha value is -1.45. The van der Waals surface area contributed by atoms with Gasteiger partial charge in [0.15, 0.2) is 0 Å². The van der Waals surface area contributed by atoms with Crippen LogP contribution < -0.4 is 5.59 Å². The Kier molecular flexibility index (Phi) is 2.92. The van der Waals surface area contributed by atoms with E-state index in [0.29, 0.717) is 5.59 Å². The number of halogens is 1. The van der Waals surface area contributed by atoms with Gasteiger partial charge in [0.05, 0.1) is 16.8 Å². The van der Waals surface area contributed by atoms with Crippen LogP contribution in [0.4, 0.5) is 4.39 Å². The van der Waals surface area contributed by atoms with Crippen molar-refractivity contribution in [2.45, 2.75) is 38.9 Å². The SMILES string of the molecule is CC1(C)OB(c2ccc(C#N)c(F)n2)OC1(C)C. The third-order valence-electron chi connectivity index (χ3n) is 3.49. The standard InChI is InChI=1S/C12H14BFN2O2/c1-11(2)12(3,4)18-13(17-11)9-6-5-8(7-15)10(14)16-9/h5-6H,1-4H3. The maximum Gasteiger partial charge on any atom is 0.514 e. The summed E-state index contributed by atoms with van der Waals surface area (Å²) >= 11 is 0. The van der Waals surface area contributed by atoms with E-state index in [9.17, 15) is 4.39 Å². The molecule has 4 nitrogen and oxygen atoms in total. The summed E-state index contributed by atoms with van der Waals surface area (Å²) in [5.74, 6) is -0.801. The van der Waals surface area contributed by atoms with Crippen molar-refractivity contribution >= 4 is 12.7 Å². The first-order valence-corrected chi connectivity index (χ1v) is 5.69. The van der Waals surface area contributed by atoms with Gasteiger partial charge in [-0.15, -0.1) is 0 Å². The predicted molar refractivity (Wildman–Crippen MR) is 64.6 cm³/mol. The number of aromatic nitrogens is 1. The molecule has 1 fully saturated rings. The van der Waals surface area contributed by atoms with Crippen molar-refractivity contribution in [3.63, 3.8) is 0 Å². The molecule has 1 aromatic rings. The lowest BCUT2D eigenvalue weighted by molar-refractivity contribution is 0.00578. The molecule has 6 heteroatoms. The van der Waals surface area contributed by atoms with E-state index in [1.54, 1.807) is 12.1 Å². The minimum atomic E-state index is -0.801. The van der Waals surface area contributed by atoms with Crippen molar-refractivity contribution in [1.82, 2.24) is 4.98 Å². The van der Waals surface area contributed by atoms with E-state index < -0.39 is 24.3 Å². The van der Waals surface area contributed by atoms with Crippen LogP contribution in [0.3, 0.4) is 0 Å². The lowest BCUT2D eigenvalue weighted by atomic mass is 9.84. The summed E-state index contributed by atoms with van der Waals surface area (Å²) in [6, 6.07) is 4.65. The van der Waals surface area contributed by atoms with Crippen LogP contribution in [0.15, 0.2) is 12.1 Å². The Morgan fingerprint density at radius 2 is 1.78 bits per heavy atom. The quantitative estimate of drug-likeness (QED) is 0.556. The van der Waals surface area contributed by atoms with Crippen LogP contribution in [0.1, 0.15) is 33.3 Å². The van der Waals surface area contributed by atoms with Crippen LogP contribution in [0.2, 0.25) is 0 Å². The summed E-state index contributed by atoms with van der Waals surface area (Å²) in [6.07, 6.45) is 0. The Morgan fingerprint density at radius 3 is 2.22 bits per heavy atom. The van der Waals surface area contributed by atoms with E-state index in [0.717, 1.165) is 0 Å². The molecule has 1 saturated heterocycles. The molecule has 0 bridgehead atoms. The highest BCUT2D eigenvalue weighted by Crippen LogP contribution is 2.36. The third-order valence-corrected chi connectivity index (χ3v) is 3.49. The average molecular weight is 248 g/mol. The summed E-state index contributed by atoms with van der Waals surface area (Å²) in [5, 5.41) is 8.65. The molecule has 0 amide bonds. The number of nitrogens with zero attached hydrogens (tertiary/aromatic N) is 2. The fourth-order valence-corrected chi connectivity index (χ4v) is 1.63. The maximum absolute atomic E-state index is 13.4. The highest BCUT2D eigenvalue weighted by molar-refractivity contribution is 6.61. The Balaban J connectivity index is 2.31. The Bertz CT molecular complexity index is 509. The van der Waals surface area contributed by atoms with Gasteiger partial charge in [-0.05, 0) is 39.8 Å². The van der Waals surface area contributed by atoms with E-state index in [-0.39, 0.29) is 5.56 Å². The second-order valence-corrected chi connectivity index (χ2v) is 5.27. The summed E-state index contributed by atoms with van der Waals surface area (Å²) in [5.41, 5.74) is -0.742. The van der Waals surface area contributed by atoms with Crippen LogP contribution >= 0.6 is 0 Å². The van der Waals surface area contributed by atoms with Crippen molar-refractivity contribution < 1.29 is 13.7 Å². The lowest BCUT2D eigenvalue weighted by Crippen LogP contribution is -2.41. The van der Waals surface area contributed by atoms with E-state index in [4.69, 9.17) is 14.6 Å². The van der Waals surface area contributed by atoms with E-state index in [1.807, 2.05) is 27.7 Å². The molecule has 1 aliphatic heterocycles. The second-order valence-electron chi connectivity index (χ2n) is 5.27. The smallest absolute Gasteiger partial charge is 0.398 e. The summed E-state index contributed by atoms with van der Waals surface area (Å²) in [6.45, 7) is 7.64. The van der Waals surface area contributed by atoms with Crippen molar-refractivity contribution in [3.8, 4) is 6.07 Å². The van der Waals surface area contributed by atoms with Gasteiger partial charge in [0.25, 0.3) is 0 Å². The van der Waals surface area contributed by atoms with Gasteiger partial charge in [-0.25, -0.2) is 4.98 Å². The first-order valence-electron chi connectivity index (χ1n) is 5.69. The molecular formula is C12H14BFN2O2. The molecule has 2 heterocycles.